The van der Waals surface area contributed by atoms with Gasteiger partial charge >= 0.3 is 0 Å². The topological polar surface area (TPSA) is 40.5 Å². The second-order valence-electron chi connectivity index (χ2n) is 6.97. The lowest BCUT2D eigenvalue weighted by atomic mass is 9.71. The Balaban J connectivity index is 1.96. The first kappa shape index (κ1) is 14.0. The fourth-order valence-corrected chi connectivity index (χ4v) is 3.55. The van der Waals surface area contributed by atoms with Crippen LogP contribution in [-0.2, 0) is 4.79 Å². The van der Waals surface area contributed by atoms with Crippen LogP contribution in [0.15, 0.2) is 0 Å². The van der Waals surface area contributed by atoms with Crippen molar-refractivity contribution in [2.75, 3.05) is 19.6 Å². The maximum absolute atomic E-state index is 11.5. The summed E-state index contributed by atoms with van der Waals surface area (Å²) >= 11 is 0. The van der Waals surface area contributed by atoms with E-state index < -0.39 is 5.60 Å². The van der Waals surface area contributed by atoms with E-state index in [0.717, 1.165) is 51.2 Å². The summed E-state index contributed by atoms with van der Waals surface area (Å²) in [6.45, 7) is 6.79. The quantitative estimate of drug-likeness (QED) is 0.784. The van der Waals surface area contributed by atoms with Crippen molar-refractivity contribution in [3.63, 3.8) is 0 Å². The number of β-amino-alcohol motifs (C(OH)–C–C–N with tert-alkyl or cyclic N) is 1. The number of hydrogen-bond donors (Lipinski definition) is 1. The predicted octanol–water partition coefficient (Wildman–Crippen LogP) is 2.23. The summed E-state index contributed by atoms with van der Waals surface area (Å²) in [6, 6.07) is 0. The van der Waals surface area contributed by atoms with Gasteiger partial charge in [-0.3, -0.25) is 4.90 Å². The minimum Gasteiger partial charge on any atom is -0.389 e. The average molecular weight is 253 g/mol. The maximum atomic E-state index is 11.5. The van der Waals surface area contributed by atoms with Gasteiger partial charge in [0.05, 0.1) is 5.60 Å². The third-order valence-electron chi connectivity index (χ3n) is 4.81. The molecule has 1 aliphatic carbocycles. The Morgan fingerprint density at radius 1 is 1.33 bits per heavy atom. The molecule has 3 nitrogen and oxygen atoms in total. The molecule has 2 rings (SSSR count). The number of likely N-dealkylation sites (tertiary alicyclic amines) is 1. The number of carbonyl (C=O) groups excluding carboxylic acids is 1. The van der Waals surface area contributed by atoms with Gasteiger partial charge in [-0.05, 0) is 57.9 Å². The lowest BCUT2D eigenvalue weighted by Gasteiger charge is -2.43. The highest BCUT2D eigenvalue weighted by molar-refractivity contribution is 5.60. The van der Waals surface area contributed by atoms with Crippen molar-refractivity contribution >= 4 is 6.29 Å². The van der Waals surface area contributed by atoms with Gasteiger partial charge in [-0.2, -0.15) is 0 Å². The molecule has 0 aromatic carbocycles. The minimum atomic E-state index is -0.565. The van der Waals surface area contributed by atoms with Crippen LogP contribution >= 0.6 is 0 Å². The van der Waals surface area contributed by atoms with Gasteiger partial charge < -0.3 is 9.90 Å². The van der Waals surface area contributed by atoms with E-state index in [1.165, 1.54) is 19.1 Å². The van der Waals surface area contributed by atoms with Crippen LogP contribution in [0.25, 0.3) is 0 Å². The number of carbonyl (C=O) groups is 1. The maximum Gasteiger partial charge on any atom is 0.127 e. The molecule has 1 N–H and O–H groups in total. The Kier molecular flexibility index (Phi) is 4.12. The van der Waals surface area contributed by atoms with Crippen molar-refractivity contribution in [2.45, 2.75) is 58.0 Å². The van der Waals surface area contributed by atoms with E-state index in [0.29, 0.717) is 0 Å². The third-order valence-corrected chi connectivity index (χ3v) is 4.81. The molecule has 0 amide bonds. The van der Waals surface area contributed by atoms with E-state index in [2.05, 4.69) is 11.8 Å². The molecular weight excluding hydrogens is 226 g/mol. The first-order valence-corrected chi connectivity index (χ1v) is 7.36. The van der Waals surface area contributed by atoms with Crippen LogP contribution in [0.2, 0.25) is 0 Å². The second kappa shape index (κ2) is 5.30. The van der Waals surface area contributed by atoms with Gasteiger partial charge in [0.2, 0.25) is 0 Å². The summed E-state index contributed by atoms with van der Waals surface area (Å²) in [5.74, 6) is 0.766. The van der Waals surface area contributed by atoms with Crippen LogP contribution in [0.1, 0.15) is 52.4 Å². The van der Waals surface area contributed by atoms with Crippen LogP contribution in [0.3, 0.4) is 0 Å². The average Bonchev–Trinajstić information content (AvgIpc) is 2.31. The van der Waals surface area contributed by atoms with Gasteiger partial charge in [0.25, 0.3) is 0 Å². The van der Waals surface area contributed by atoms with Crippen molar-refractivity contribution in [2.24, 2.45) is 11.3 Å². The Bertz CT molecular complexity index is 293. The fourth-order valence-electron chi connectivity index (χ4n) is 3.55. The molecule has 1 saturated carbocycles. The van der Waals surface area contributed by atoms with E-state index >= 15 is 0 Å². The minimum absolute atomic E-state index is 0.139. The zero-order valence-corrected chi connectivity index (χ0v) is 11.8. The summed E-state index contributed by atoms with van der Waals surface area (Å²) in [6.07, 6.45) is 7.51. The molecule has 104 valence electrons. The van der Waals surface area contributed by atoms with Gasteiger partial charge in [-0.15, -0.1) is 0 Å². The molecular formula is C15H27NO2. The molecule has 1 atom stereocenters. The molecule has 0 radical (unpaired) electrons. The molecule has 2 fully saturated rings. The van der Waals surface area contributed by atoms with Crippen molar-refractivity contribution in [1.82, 2.24) is 4.90 Å². The van der Waals surface area contributed by atoms with Crippen LogP contribution in [0, 0.1) is 11.3 Å². The molecule has 0 bridgehead atoms. The van der Waals surface area contributed by atoms with Gasteiger partial charge in [-0.25, -0.2) is 0 Å². The molecule has 2 aliphatic rings. The highest BCUT2D eigenvalue weighted by atomic mass is 16.3. The number of nitrogens with zero attached hydrogens (tertiary/aromatic N) is 1. The lowest BCUT2D eigenvalue weighted by molar-refractivity contribution is -0.121. The Hall–Kier alpha value is -0.410. The molecule has 1 saturated heterocycles. The number of rotatable bonds is 3. The van der Waals surface area contributed by atoms with Crippen molar-refractivity contribution < 1.29 is 9.90 Å². The highest BCUT2D eigenvalue weighted by Crippen LogP contribution is 2.38. The van der Waals surface area contributed by atoms with E-state index in [1.54, 1.807) is 0 Å². The predicted molar refractivity (Wildman–Crippen MR) is 72.4 cm³/mol. The zero-order chi connectivity index (χ0) is 13.2. The first-order valence-electron chi connectivity index (χ1n) is 7.36. The second-order valence-corrected chi connectivity index (χ2v) is 6.97. The van der Waals surface area contributed by atoms with Gasteiger partial charge in [0.15, 0.2) is 0 Å². The Morgan fingerprint density at radius 2 is 2.00 bits per heavy atom. The van der Waals surface area contributed by atoms with Crippen molar-refractivity contribution in [3.8, 4) is 0 Å². The molecule has 1 unspecified atom stereocenters. The van der Waals surface area contributed by atoms with Crippen molar-refractivity contribution in [3.05, 3.63) is 0 Å². The van der Waals surface area contributed by atoms with Gasteiger partial charge in [0.1, 0.15) is 6.29 Å². The lowest BCUT2D eigenvalue weighted by Crippen LogP contribution is -2.50. The molecule has 18 heavy (non-hydrogen) atoms. The van der Waals surface area contributed by atoms with E-state index in [4.69, 9.17) is 0 Å². The first-order chi connectivity index (χ1) is 8.45. The number of aldehydes is 1. The summed E-state index contributed by atoms with van der Waals surface area (Å²) in [4.78, 5) is 13.8. The van der Waals surface area contributed by atoms with Crippen LogP contribution in [0.4, 0.5) is 0 Å². The molecule has 0 spiro atoms. The van der Waals surface area contributed by atoms with Crippen molar-refractivity contribution in [1.29, 1.82) is 0 Å². The highest BCUT2D eigenvalue weighted by Gasteiger charge is 2.38. The summed E-state index contributed by atoms with van der Waals surface area (Å²) in [7, 11) is 0. The standard InChI is InChI=1S/C15H27NO2/c1-13-4-7-15(12-17,8-5-13)11-16-9-3-6-14(2,18)10-16/h12-13,18H,3-11H2,1-2H3. The zero-order valence-electron chi connectivity index (χ0n) is 11.8. The van der Waals surface area contributed by atoms with E-state index in [9.17, 15) is 9.90 Å². The molecule has 3 heteroatoms. The van der Waals surface area contributed by atoms with E-state index in [-0.39, 0.29) is 5.41 Å². The third kappa shape index (κ3) is 3.33. The SMILES string of the molecule is CC1CCC(C=O)(CN2CCCC(C)(O)C2)CC1. The number of piperidine rings is 1. The fraction of sp³-hybridized carbons (Fsp3) is 0.933. The van der Waals surface area contributed by atoms with Gasteiger partial charge in [-0.1, -0.05) is 6.92 Å². The number of hydrogen-bond acceptors (Lipinski definition) is 3. The van der Waals surface area contributed by atoms with Crippen LogP contribution < -0.4 is 0 Å². The van der Waals surface area contributed by atoms with E-state index in [1.807, 2.05) is 6.92 Å². The summed E-state index contributed by atoms with van der Waals surface area (Å²) in [5, 5.41) is 10.1. The normalized spacial score (nSPS) is 42.7. The Morgan fingerprint density at radius 3 is 2.56 bits per heavy atom. The largest absolute Gasteiger partial charge is 0.389 e. The Labute approximate surface area is 111 Å². The molecule has 1 heterocycles. The molecule has 0 aromatic rings. The molecule has 1 aliphatic heterocycles. The number of aliphatic hydroxyl groups is 1. The summed E-state index contributed by atoms with van der Waals surface area (Å²) < 4.78 is 0. The van der Waals surface area contributed by atoms with Crippen LogP contribution in [0.5, 0.6) is 0 Å². The summed E-state index contributed by atoms with van der Waals surface area (Å²) in [5.41, 5.74) is -0.704. The van der Waals surface area contributed by atoms with Gasteiger partial charge in [0, 0.05) is 18.5 Å². The van der Waals surface area contributed by atoms with Crippen LogP contribution in [-0.4, -0.2) is 41.5 Å². The monoisotopic (exact) mass is 253 g/mol. The smallest absolute Gasteiger partial charge is 0.127 e. The molecule has 0 aromatic heterocycles.